The van der Waals surface area contributed by atoms with Gasteiger partial charge in [-0.05, 0) is 0 Å². The van der Waals surface area contributed by atoms with Crippen molar-refractivity contribution in [2.45, 2.75) is 6.29 Å². The summed E-state index contributed by atoms with van der Waals surface area (Å²) in [5, 5.41) is 2.98. The van der Waals surface area contributed by atoms with E-state index >= 15 is 0 Å². The lowest BCUT2D eigenvalue weighted by Crippen LogP contribution is -2.14. The molecule has 0 saturated carbocycles. The van der Waals surface area contributed by atoms with Crippen molar-refractivity contribution in [2.75, 3.05) is 20.4 Å². The molecular weight excluding hydrogens is 94.0 g/mol. The summed E-state index contributed by atoms with van der Waals surface area (Å²) in [6.07, 6.45) is -0.0139. The summed E-state index contributed by atoms with van der Waals surface area (Å²) in [5.41, 5.74) is 0. The number of nitrogens with one attached hydrogen (secondary N) is 1. The maximum atomic E-state index is 4.97. The van der Waals surface area contributed by atoms with Crippen LogP contribution in [0.5, 0.6) is 0 Å². The molecule has 1 saturated heterocycles. The van der Waals surface area contributed by atoms with Crippen molar-refractivity contribution in [3.05, 3.63) is 0 Å². The number of hydrogen-bond acceptors (Lipinski definition) is 3. The zero-order valence-corrected chi connectivity index (χ0v) is 4.31. The molecule has 0 aromatic heterocycles. The number of ether oxygens (including phenoxy) is 2. The van der Waals surface area contributed by atoms with Gasteiger partial charge in [0.05, 0.1) is 6.73 Å². The van der Waals surface area contributed by atoms with Crippen LogP contribution in [0.15, 0.2) is 0 Å². The molecule has 1 aliphatic rings. The van der Waals surface area contributed by atoms with Crippen LogP contribution in [0.4, 0.5) is 0 Å². The Morgan fingerprint density at radius 2 is 2.71 bits per heavy atom. The number of hydrogen-bond donors (Lipinski definition) is 1. The van der Waals surface area contributed by atoms with Crippen molar-refractivity contribution in [3.8, 4) is 0 Å². The van der Waals surface area contributed by atoms with Gasteiger partial charge in [-0.15, -0.1) is 0 Å². The molecule has 0 aliphatic carbocycles. The van der Waals surface area contributed by atoms with E-state index in [2.05, 4.69) is 5.32 Å². The maximum absolute atomic E-state index is 4.97. The second-order valence-corrected chi connectivity index (χ2v) is 1.43. The lowest BCUT2D eigenvalue weighted by Gasteiger charge is -2.01. The Kier molecular flexibility index (Phi) is 1.62. The molecule has 0 unspecified atom stereocenters. The smallest absolute Gasteiger partial charge is 0.171 e. The quantitative estimate of drug-likeness (QED) is 0.487. The highest BCUT2D eigenvalue weighted by Gasteiger charge is 2.11. The summed E-state index contributed by atoms with van der Waals surface area (Å²) in [4.78, 5) is 0. The van der Waals surface area contributed by atoms with Crippen molar-refractivity contribution in [1.82, 2.24) is 5.32 Å². The second-order valence-electron chi connectivity index (χ2n) is 1.43. The van der Waals surface area contributed by atoms with Crippen molar-refractivity contribution >= 4 is 0 Å². The summed E-state index contributed by atoms with van der Waals surface area (Å²) in [6.45, 7) is 1.44. The van der Waals surface area contributed by atoms with Gasteiger partial charge in [0.1, 0.15) is 0 Å². The normalized spacial score (nSPS) is 31.3. The van der Waals surface area contributed by atoms with Gasteiger partial charge in [0, 0.05) is 13.7 Å². The average molecular weight is 103 g/mol. The largest absolute Gasteiger partial charge is 0.354 e. The summed E-state index contributed by atoms with van der Waals surface area (Å²) >= 11 is 0. The van der Waals surface area contributed by atoms with Crippen LogP contribution in [-0.2, 0) is 9.47 Å². The third kappa shape index (κ3) is 1.12. The summed E-state index contributed by atoms with van der Waals surface area (Å²) < 4.78 is 9.80. The molecule has 0 radical (unpaired) electrons. The summed E-state index contributed by atoms with van der Waals surface area (Å²) in [6, 6.07) is 0. The molecule has 0 bridgehead atoms. The number of methoxy groups -OCH3 is 1. The van der Waals surface area contributed by atoms with Crippen molar-refractivity contribution < 1.29 is 9.47 Å². The van der Waals surface area contributed by atoms with E-state index in [4.69, 9.17) is 9.47 Å². The fraction of sp³-hybridized carbons (Fsp3) is 1.00. The van der Waals surface area contributed by atoms with Crippen LogP contribution >= 0.6 is 0 Å². The van der Waals surface area contributed by atoms with Crippen LogP contribution in [0.25, 0.3) is 0 Å². The van der Waals surface area contributed by atoms with Crippen LogP contribution in [-0.4, -0.2) is 26.7 Å². The molecule has 0 aromatic carbocycles. The molecule has 1 aliphatic heterocycles. The van der Waals surface area contributed by atoms with E-state index in [1.807, 2.05) is 0 Å². The van der Waals surface area contributed by atoms with Gasteiger partial charge in [0.15, 0.2) is 6.29 Å². The minimum atomic E-state index is -0.0139. The maximum Gasteiger partial charge on any atom is 0.171 e. The topological polar surface area (TPSA) is 30.5 Å². The molecule has 7 heavy (non-hydrogen) atoms. The van der Waals surface area contributed by atoms with E-state index in [0.29, 0.717) is 6.73 Å². The highest BCUT2D eigenvalue weighted by Crippen LogP contribution is 1.94. The fourth-order valence-corrected chi connectivity index (χ4v) is 0.539. The van der Waals surface area contributed by atoms with Gasteiger partial charge in [-0.2, -0.15) is 0 Å². The Labute approximate surface area is 42.6 Å². The molecule has 42 valence electrons. The zero-order valence-electron chi connectivity index (χ0n) is 4.31. The Morgan fingerprint density at radius 3 is 3.00 bits per heavy atom. The highest BCUT2D eigenvalue weighted by atomic mass is 16.7. The molecule has 1 rings (SSSR count). The molecule has 0 amide bonds. The average Bonchev–Trinajstić information content (AvgIpc) is 2.14. The molecule has 1 heterocycles. The van der Waals surface area contributed by atoms with Gasteiger partial charge in [0.2, 0.25) is 0 Å². The number of rotatable bonds is 1. The van der Waals surface area contributed by atoms with E-state index in [1.54, 1.807) is 7.11 Å². The summed E-state index contributed by atoms with van der Waals surface area (Å²) in [5.74, 6) is 0. The predicted molar refractivity (Wildman–Crippen MR) is 24.8 cm³/mol. The van der Waals surface area contributed by atoms with Crippen LogP contribution < -0.4 is 5.32 Å². The minimum absolute atomic E-state index is 0.0139. The molecule has 1 N–H and O–H groups in total. The van der Waals surface area contributed by atoms with E-state index in [1.165, 1.54) is 0 Å². The van der Waals surface area contributed by atoms with Gasteiger partial charge in [-0.25, -0.2) is 0 Å². The fourth-order valence-electron chi connectivity index (χ4n) is 0.539. The van der Waals surface area contributed by atoms with Crippen LogP contribution in [0, 0.1) is 0 Å². The Bertz CT molecular complexity index is 51.7. The summed E-state index contributed by atoms with van der Waals surface area (Å²) in [7, 11) is 1.64. The molecule has 3 nitrogen and oxygen atoms in total. The first kappa shape index (κ1) is 5.03. The van der Waals surface area contributed by atoms with E-state index in [9.17, 15) is 0 Å². The van der Waals surface area contributed by atoms with Gasteiger partial charge in [-0.3, -0.25) is 5.32 Å². The molecule has 0 aromatic rings. The van der Waals surface area contributed by atoms with Gasteiger partial charge in [-0.1, -0.05) is 0 Å². The van der Waals surface area contributed by atoms with E-state index in [-0.39, 0.29) is 6.29 Å². The van der Waals surface area contributed by atoms with Crippen molar-refractivity contribution in [3.63, 3.8) is 0 Å². The van der Waals surface area contributed by atoms with Crippen LogP contribution in [0.2, 0.25) is 0 Å². The lowest BCUT2D eigenvalue weighted by atomic mass is 10.7. The minimum Gasteiger partial charge on any atom is -0.354 e. The van der Waals surface area contributed by atoms with Crippen LogP contribution in [0.1, 0.15) is 0 Å². The Balaban J connectivity index is 2.14. The second kappa shape index (κ2) is 2.26. The van der Waals surface area contributed by atoms with E-state index in [0.717, 1.165) is 6.54 Å². The van der Waals surface area contributed by atoms with E-state index < -0.39 is 0 Å². The predicted octanol–water partition coefficient (Wildman–Crippen LogP) is -0.464. The van der Waals surface area contributed by atoms with Gasteiger partial charge < -0.3 is 9.47 Å². The molecular formula is C4H9NO2. The first-order valence-electron chi connectivity index (χ1n) is 2.28. The van der Waals surface area contributed by atoms with Gasteiger partial charge >= 0.3 is 0 Å². The molecule has 3 heteroatoms. The Hall–Kier alpha value is -0.120. The van der Waals surface area contributed by atoms with Gasteiger partial charge in [0.25, 0.3) is 0 Å². The zero-order chi connectivity index (χ0) is 5.11. The molecule has 1 fully saturated rings. The highest BCUT2D eigenvalue weighted by molar-refractivity contribution is 4.52. The molecule has 0 spiro atoms. The van der Waals surface area contributed by atoms with Crippen LogP contribution in [0.3, 0.4) is 0 Å². The third-order valence-corrected chi connectivity index (χ3v) is 0.945. The monoisotopic (exact) mass is 103 g/mol. The first-order chi connectivity index (χ1) is 3.43. The Morgan fingerprint density at radius 1 is 1.86 bits per heavy atom. The standard InChI is InChI=1S/C4H9NO2/c1-6-4-2-5-3-7-4/h4-5H,2-3H2,1H3/t4-/m0/s1. The van der Waals surface area contributed by atoms with Crippen molar-refractivity contribution in [2.24, 2.45) is 0 Å². The van der Waals surface area contributed by atoms with Crippen molar-refractivity contribution in [1.29, 1.82) is 0 Å². The first-order valence-corrected chi connectivity index (χ1v) is 2.28. The SMILES string of the molecule is CO[C@@H]1CNCO1. The third-order valence-electron chi connectivity index (χ3n) is 0.945. The lowest BCUT2D eigenvalue weighted by molar-refractivity contribution is -0.0812. The molecule has 1 atom stereocenters.